The van der Waals surface area contributed by atoms with Crippen LogP contribution in [0.5, 0.6) is 0 Å². The molecule has 4 heteroatoms. The van der Waals surface area contributed by atoms with E-state index in [-0.39, 0.29) is 5.57 Å². The average Bonchev–Trinajstić information content (AvgIpc) is 2.25. The molecule has 0 spiro atoms. The molecule has 1 aromatic rings. The van der Waals surface area contributed by atoms with Crippen molar-refractivity contribution in [3.63, 3.8) is 0 Å². The minimum absolute atomic E-state index is 0.0829. The summed E-state index contributed by atoms with van der Waals surface area (Å²) in [6, 6.07) is 8.69. The Kier molecular flexibility index (Phi) is 5.05. The van der Waals surface area contributed by atoms with Crippen LogP contribution in [0.4, 0.5) is 0 Å². The average molecular weight is 291 g/mol. The van der Waals surface area contributed by atoms with Gasteiger partial charge in [-0.3, -0.25) is 0 Å². The Morgan fingerprint density at radius 2 is 1.38 bits per heavy atom. The molecule has 0 aliphatic rings. The number of hydrogen-bond acceptors (Lipinski definition) is 4. The van der Waals surface area contributed by atoms with Gasteiger partial charge in [0.2, 0.25) is 0 Å². The van der Waals surface area contributed by atoms with Crippen LogP contribution < -0.4 is 5.11 Å². The molecular weight excluding hydrogens is 268 g/mol. The van der Waals surface area contributed by atoms with Crippen LogP contribution in [0.3, 0.4) is 0 Å². The van der Waals surface area contributed by atoms with Crippen molar-refractivity contribution in [1.82, 2.24) is 0 Å². The smallest absolute Gasteiger partial charge is 0.341 e. The van der Waals surface area contributed by atoms with Gasteiger partial charge in [-0.05, 0) is 26.3 Å². The summed E-state index contributed by atoms with van der Waals surface area (Å²) >= 11 is 0. The molecule has 0 N–H and O–H groups in total. The molecule has 0 aliphatic heterocycles. The van der Waals surface area contributed by atoms with Crippen molar-refractivity contribution in [2.75, 3.05) is 0 Å². The summed E-state index contributed by atoms with van der Waals surface area (Å²) in [4.78, 5) is 12.3. The SMILES string of the molecule is CC(C)(C)OC(=O)/C(=C(/[O-])OC(C)(C)C)c1ccccc1. The molecule has 1 rings (SSSR count). The van der Waals surface area contributed by atoms with E-state index in [1.165, 1.54) is 0 Å². The summed E-state index contributed by atoms with van der Waals surface area (Å²) in [6.45, 7) is 10.5. The normalized spacial score (nSPS) is 13.4. The fourth-order valence-corrected chi connectivity index (χ4v) is 1.58. The predicted octanol–water partition coefficient (Wildman–Crippen LogP) is 2.87. The van der Waals surface area contributed by atoms with Crippen molar-refractivity contribution in [2.24, 2.45) is 0 Å². The molecule has 0 bridgehead atoms. The van der Waals surface area contributed by atoms with E-state index in [1.807, 2.05) is 6.07 Å². The Labute approximate surface area is 126 Å². The molecule has 0 unspecified atom stereocenters. The van der Waals surface area contributed by atoms with Crippen molar-refractivity contribution in [2.45, 2.75) is 52.7 Å². The second-order valence-corrected chi connectivity index (χ2v) is 6.74. The van der Waals surface area contributed by atoms with Crippen molar-refractivity contribution < 1.29 is 19.4 Å². The van der Waals surface area contributed by atoms with E-state index in [0.29, 0.717) is 5.56 Å². The Hall–Kier alpha value is -1.97. The molecular formula is C17H23O4-. The van der Waals surface area contributed by atoms with Crippen LogP contribution in [-0.2, 0) is 14.3 Å². The molecule has 0 heterocycles. The molecule has 1 aromatic carbocycles. The fourth-order valence-electron chi connectivity index (χ4n) is 1.58. The Morgan fingerprint density at radius 3 is 1.81 bits per heavy atom. The maximum absolute atomic E-state index is 12.3. The van der Waals surface area contributed by atoms with E-state index in [9.17, 15) is 9.90 Å². The van der Waals surface area contributed by atoms with E-state index in [4.69, 9.17) is 9.47 Å². The highest BCUT2D eigenvalue weighted by molar-refractivity contribution is 6.16. The van der Waals surface area contributed by atoms with E-state index in [1.54, 1.807) is 65.8 Å². The Bertz CT molecular complexity index is 516. The lowest BCUT2D eigenvalue weighted by Gasteiger charge is -2.32. The molecule has 0 saturated heterocycles. The molecule has 0 amide bonds. The molecule has 116 valence electrons. The van der Waals surface area contributed by atoms with Crippen LogP contribution in [-0.4, -0.2) is 17.2 Å². The molecule has 0 atom stereocenters. The topological polar surface area (TPSA) is 58.6 Å². The van der Waals surface area contributed by atoms with Gasteiger partial charge in [-0.1, -0.05) is 51.1 Å². The van der Waals surface area contributed by atoms with E-state index >= 15 is 0 Å². The van der Waals surface area contributed by atoms with Crippen molar-refractivity contribution in [3.8, 4) is 0 Å². The van der Waals surface area contributed by atoms with Crippen LogP contribution in [0.15, 0.2) is 36.3 Å². The fraction of sp³-hybridized carbons (Fsp3) is 0.471. The van der Waals surface area contributed by atoms with Gasteiger partial charge in [0.1, 0.15) is 5.60 Å². The number of ether oxygens (including phenoxy) is 2. The molecule has 0 aromatic heterocycles. The highest BCUT2D eigenvalue weighted by atomic mass is 16.6. The Morgan fingerprint density at radius 1 is 0.905 bits per heavy atom. The van der Waals surface area contributed by atoms with Gasteiger partial charge >= 0.3 is 5.97 Å². The van der Waals surface area contributed by atoms with Gasteiger partial charge in [0.05, 0.1) is 11.5 Å². The standard InChI is InChI=1S/C17H24O4/c1-16(2,3)20-14(18)13(12-10-8-7-9-11-12)15(19)21-17(4,5)6/h7-11,18H,1-6H3/p-1/b14-13-. The summed E-state index contributed by atoms with van der Waals surface area (Å²) in [5.74, 6) is -1.36. The molecule has 0 aliphatic carbocycles. The first kappa shape index (κ1) is 17.1. The summed E-state index contributed by atoms with van der Waals surface area (Å²) in [5.41, 5.74) is -0.959. The summed E-state index contributed by atoms with van der Waals surface area (Å²) < 4.78 is 10.6. The third-order valence-corrected chi connectivity index (χ3v) is 2.27. The van der Waals surface area contributed by atoms with Gasteiger partial charge in [0.25, 0.3) is 0 Å². The monoisotopic (exact) mass is 291 g/mol. The number of esters is 1. The van der Waals surface area contributed by atoms with E-state index < -0.39 is 23.1 Å². The van der Waals surface area contributed by atoms with Crippen molar-refractivity contribution >= 4 is 11.5 Å². The molecule has 21 heavy (non-hydrogen) atoms. The lowest BCUT2D eigenvalue weighted by molar-refractivity contribution is -0.367. The first-order valence-corrected chi connectivity index (χ1v) is 6.89. The van der Waals surface area contributed by atoms with Crippen molar-refractivity contribution in [3.05, 3.63) is 41.8 Å². The van der Waals surface area contributed by atoms with Gasteiger partial charge < -0.3 is 14.6 Å². The van der Waals surface area contributed by atoms with Gasteiger partial charge in [0, 0.05) is 5.60 Å². The lowest BCUT2D eigenvalue weighted by atomic mass is 10.1. The maximum Gasteiger partial charge on any atom is 0.341 e. The molecule has 4 nitrogen and oxygen atoms in total. The number of rotatable bonds is 3. The lowest BCUT2D eigenvalue weighted by Crippen LogP contribution is -2.29. The van der Waals surface area contributed by atoms with Crippen LogP contribution in [0.2, 0.25) is 0 Å². The quantitative estimate of drug-likeness (QED) is 0.488. The third kappa shape index (κ3) is 5.90. The van der Waals surface area contributed by atoms with Crippen LogP contribution in [0.25, 0.3) is 5.57 Å². The molecule has 0 fully saturated rings. The third-order valence-electron chi connectivity index (χ3n) is 2.27. The van der Waals surface area contributed by atoms with Gasteiger partial charge in [-0.2, -0.15) is 0 Å². The van der Waals surface area contributed by atoms with Gasteiger partial charge in [-0.25, -0.2) is 4.79 Å². The van der Waals surface area contributed by atoms with Gasteiger partial charge in [-0.15, -0.1) is 0 Å². The highest BCUT2D eigenvalue weighted by Crippen LogP contribution is 2.24. The summed E-state index contributed by atoms with van der Waals surface area (Å²) in [5, 5.41) is 12.3. The first-order chi connectivity index (χ1) is 9.49. The van der Waals surface area contributed by atoms with Crippen LogP contribution in [0.1, 0.15) is 47.1 Å². The second kappa shape index (κ2) is 6.20. The minimum atomic E-state index is -0.681. The van der Waals surface area contributed by atoms with Crippen LogP contribution in [0, 0.1) is 0 Å². The van der Waals surface area contributed by atoms with Crippen molar-refractivity contribution in [1.29, 1.82) is 0 Å². The zero-order valence-corrected chi connectivity index (χ0v) is 13.5. The number of carbonyl (C=O) groups excluding carboxylic acids is 1. The largest absolute Gasteiger partial charge is 0.607 e. The summed E-state index contributed by atoms with van der Waals surface area (Å²) in [7, 11) is 0. The molecule has 0 radical (unpaired) electrons. The molecule has 0 saturated carbocycles. The second-order valence-electron chi connectivity index (χ2n) is 6.74. The minimum Gasteiger partial charge on any atom is -0.607 e. The van der Waals surface area contributed by atoms with E-state index in [2.05, 4.69) is 0 Å². The maximum atomic E-state index is 12.3. The van der Waals surface area contributed by atoms with E-state index in [0.717, 1.165) is 0 Å². The van der Waals surface area contributed by atoms with Crippen LogP contribution >= 0.6 is 0 Å². The number of carbonyl (C=O) groups is 1. The van der Waals surface area contributed by atoms with Gasteiger partial charge in [0.15, 0.2) is 0 Å². The Balaban J connectivity index is 3.24. The zero-order valence-electron chi connectivity index (χ0n) is 13.5. The first-order valence-electron chi connectivity index (χ1n) is 6.89. The number of hydrogen-bond donors (Lipinski definition) is 0. The highest BCUT2D eigenvalue weighted by Gasteiger charge is 2.23. The number of benzene rings is 1. The summed E-state index contributed by atoms with van der Waals surface area (Å²) in [6.07, 6.45) is 0. The zero-order chi connectivity index (χ0) is 16.3. The predicted molar refractivity (Wildman–Crippen MR) is 80.0 cm³/mol.